The Morgan fingerprint density at radius 3 is 2.45 bits per heavy atom. The lowest BCUT2D eigenvalue weighted by molar-refractivity contribution is -0.121. The second kappa shape index (κ2) is 13.7. The molecular weight excluding hydrogens is 268 g/mol. The van der Waals surface area contributed by atoms with Gasteiger partial charge in [-0.1, -0.05) is 26.7 Å². The van der Waals surface area contributed by atoms with Crippen molar-refractivity contribution >= 4 is 17.7 Å². The highest BCUT2D eigenvalue weighted by atomic mass is 32.2. The maximum Gasteiger partial charge on any atom is 0.220 e. The molecule has 120 valence electrons. The molecule has 0 spiro atoms. The van der Waals surface area contributed by atoms with Crippen molar-refractivity contribution in [2.75, 3.05) is 25.1 Å². The number of carbonyl (C=O) groups excluding carboxylic acids is 1. The molecule has 1 amide bonds. The standard InChI is InChI=1S/C16H34N2OS/c1-14(2)15(10-11-17)8-9-16(19)18-12-6-4-5-7-13-20-3/h14-15H,4-13,17H2,1-3H3,(H,18,19). The normalized spacial score (nSPS) is 12.7. The largest absolute Gasteiger partial charge is 0.356 e. The van der Waals surface area contributed by atoms with Gasteiger partial charge in [-0.15, -0.1) is 0 Å². The summed E-state index contributed by atoms with van der Waals surface area (Å²) in [6.45, 7) is 5.99. The summed E-state index contributed by atoms with van der Waals surface area (Å²) in [7, 11) is 0. The van der Waals surface area contributed by atoms with Crippen molar-refractivity contribution < 1.29 is 4.79 Å². The molecule has 0 rings (SSSR count). The van der Waals surface area contributed by atoms with Crippen LogP contribution in [0, 0.1) is 11.8 Å². The number of hydrogen-bond donors (Lipinski definition) is 2. The third-order valence-corrected chi connectivity index (χ3v) is 4.52. The van der Waals surface area contributed by atoms with Gasteiger partial charge in [-0.05, 0) is 56.1 Å². The van der Waals surface area contributed by atoms with E-state index in [1.165, 1.54) is 25.0 Å². The number of nitrogens with two attached hydrogens (primary N) is 1. The molecule has 0 saturated heterocycles. The Labute approximate surface area is 129 Å². The second-order valence-electron chi connectivity index (χ2n) is 5.88. The van der Waals surface area contributed by atoms with Gasteiger partial charge in [0.1, 0.15) is 0 Å². The van der Waals surface area contributed by atoms with Crippen molar-refractivity contribution in [3.63, 3.8) is 0 Å². The first-order valence-corrected chi connectivity index (χ1v) is 9.46. The summed E-state index contributed by atoms with van der Waals surface area (Å²) >= 11 is 1.91. The van der Waals surface area contributed by atoms with E-state index in [0.717, 1.165) is 32.4 Å². The summed E-state index contributed by atoms with van der Waals surface area (Å²) in [5, 5.41) is 3.03. The number of nitrogens with one attached hydrogen (secondary N) is 1. The van der Waals surface area contributed by atoms with Crippen LogP contribution in [0.5, 0.6) is 0 Å². The Morgan fingerprint density at radius 1 is 1.15 bits per heavy atom. The van der Waals surface area contributed by atoms with Crippen LogP contribution in [0.1, 0.15) is 58.8 Å². The summed E-state index contributed by atoms with van der Waals surface area (Å²) in [5.74, 6) is 2.65. The molecule has 0 fully saturated rings. The van der Waals surface area contributed by atoms with Crippen LogP contribution in [0.2, 0.25) is 0 Å². The minimum Gasteiger partial charge on any atom is -0.356 e. The first-order valence-electron chi connectivity index (χ1n) is 8.07. The number of hydrogen-bond acceptors (Lipinski definition) is 3. The lowest BCUT2D eigenvalue weighted by Gasteiger charge is -2.19. The zero-order valence-corrected chi connectivity index (χ0v) is 14.4. The molecule has 0 aromatic carbocycles. The zero-order chi connectivity index (χ0) is 15.2. The highest BCUT2D eigenvalue weighted by molar-refractivity contribution is 7.98. The van der Waals surface area contributed by atoms with Crippen molar-refractivity contribution in [1.82, 2.24) is 5.32 Å². The van der Waals surface area contributed by atoms with E-state index in [4.69, 9.17) is 5.73 Å². The van der Waals surface area contributed by atoms with Crippen LogP contribution in [0.25, 0.3) is 0 Å². The fraction of sp³-hybridized carbons (Fsp3) is 0.938. The Kier molecular flexibility index (Phi) is 13.6. The van der Waals surface area contributed by atoms with Crippen LogP contribution in [0.3, 0.4) is 0 Å². The monoisotopic (exact) mass is 302 g/mol. The molecule has 4 heteroatoms. The smallest absolute Gasteiger partial charge is 0.220 e. The van der Waals surface area contributed by atoms with Crippen LogP contribution >= 0.6 is 11.8 Å². The minimum absolute atomic E-state index is 0.205. The Balaban J connectivity index is 3.53. The average Bonchev–Trinajstić information content (AvgIpc) is 2.42. The topological polar surface area (TPSA) is 55.1 Å². The Hall–Kier alpha value is -0.220. The van der Waals surface area contributed by atoms with Gasteiger partial charge in [0.25, 0.3) is 0 Å². The van der Waals surface area contributed by atoms with E-state index in [1.54, 1.807) is 0 Å². The van der Waals surface area contributed by atoms with Gasteiger partial charge in [-0.3, -0.25) is 4.79 Å². The van der Waals surface area contributed by atoms with Crippen LogP contribution in [-0.4, -0.2) is 31.0 Å². The SMILES string of the molecule is CSCCCCCCNC(=O)CCC(CCN)C(C)C. The molecular formula is C16H34N2OS. The van der Waals surface area contributed by atoms with Crippen LogP contribution in [0.15, 0.2) is 0 Å². The van der Waals surface area contributed by atoms with Gasteiger partial charge in [0.15, 0.2) is 0 Å². The Morgan fingerprint density at radius 2 is 1.85 bits per heavy atom. The molecule has 0 radical (unpaired) electrons. The van der Waals surface area contributed by atoms with E-state index >= 15 is 0 Å². The molecule has 0 saturated carbocycles. The van der Waals surface area contributed by atoms with Crippen molar-refractivity contribution in [3.05, 3.63) is 0 Å². The van der Waals surface area contributed by atoms with Crippen LogP contribution in [-0.2, 0) is 4.79 Å². The average molecular weight is 303 g/mol. The number of rotatable bonds is 13. The maximum atomic E-state index is 11.8. The van der Waals surface area contributed by atoms with Gasteiger partial charge < -0.3 is 11.1 Å². The molecule has 3 nitrogen and oxygen atoms in total. The number of thioether (sulfide) groups is 1. The van der Waals surface area contributed by atoms with Crippen LogP contribution in [0.4, 0.5) is 0 Å². The zero-order valence-electron chi connectivity index (χ0n) is 13.6. The molecule has 0 bridgehead atoms. The molecule has 1 unspecified atom stereocenters. The molecule has 0 aliphatic rings. The van der Waals surface area contributed by atoms with Crippen molar-refractivity contribution in [2.45, 2.75) is 58.8 Å². The van der Waals surface area contributed by atoms with E-state index < -0.39 is 0 Å². The third kappa shape index (κ3) is 11.6. The van der Waals surface area contributed by atoms with Gasteiger partial charge in [-0.2, -0.15) is 11.8 Å². The minimum atomic E-state index is 0.205. The third-order valence-electron chi connectivity index (χ3n) is 3.82. The number of amides is 1. The Bertz CT molecular complexity index is 235. The lowest BCUT2D eigenvalue weighted by Crippen LogP contribution is -2.25. The first-order chi connectivity index (χ1) is 9.61. The fourth-order valence-electron chi connectivity index (χ4n) is 2.38. The summed E-state index contributed by atoms with van der Waals surface area (Å²) in [5.41, 5.74) is 5.62. The van der Waals surface area contributed by atoms with Crippen molar-refractivity contribution in [1.29, 1.82) is 0 Å². The van der Waals surface area contributed by atoms with Gasteiger partial charge in [0.2, 0.25) is 5.91 Å². The molecule has 0 aromatic heterocycles. The highest BCUT2D eigenvalue weighted by Gasteiger charge is 2.14. The van der Waals surface area contributed by atoms with Gasteiger partial charge in [0, 0.05) is 13.0 Å². The summed E-state index contributed by atoms with van der Waals surface area (Å²) in [6.07, 6.45) is 9.70. The van der Waals surface area contributed by atoms with E-state index in [0.29, 0.717) is 18.3 Å². The molecule has 1 atom stereocenters. The maximum absolute atomic E-state index is 11.8. The summed E-state index contributed by atoms with van der Waals surface area (Å²) in [6, 6.07) is 0. The van der Waals surface area contributed by atoms with Gasteiger partial charge >= 0.3 is 0 Å². The molecule has 3 N–H and O–H groups in total. The molecule has 0 aliphatic carbocycles. The van der Waals surface area contributed by atoms with Crippen LogP contribution < -0.4 is 11.1 Å². The molecule has 0 aliphatic heterocycles. The second-order valence-corrected chi connectivity index (χ2v) is 6.86. The summed E-state index contributed by atoms with van der Waals surface area (Å²) in [4.78, 5) is 11.8. The predicted octanol–water partition coefficient (Wildman–Crippen LogP) is 3.43. The van der Waals surface area contributed by atoms with E-state index in [1.807, 2.05) is 11.8 Å². The molecule has 0 aromatic rings. The van der Waals surface area contributed by atoms with Crippen molar-refractivity contribution in [2.24, 2.45) is 17.6 Å². The van der Waals surface area contributed by atoms with E-state index in [-0.39, 0.29) is 5.91 Å². The fourth-order valence-corrected chi connectivity index (χ4v) is 2.88. The number of carbonyl (C=O) groups is 1. The lowest BCUT2D eigenvalue weighted by atomic mass is 9.88. The predicted molar refractivity (Wildman–Crippen MR) is 91.1 cm³/mol. The quantitative estimate of drug-likeness (QED) is 0.513. The number of unbranched alkanes of at least 4 members (excludes halogenated alkanes) is 3. The first kappa shape index (κ1) is 19.8. The van der Waals surface area contributed by atoms with E-state index in [9.17, 15) is 4.79 Å². The molecule has 20 heavy (non-hydrogen) atoms. The summed E-state index contributed by atoms with van der Waals surface area (Å²) < 4.78 is 0. The van der Waals surface area contributed by atoms with Gasteiger partial charge in [0.05, 0.1) is 0 Å². The van der Waals surface area contributed by atoms with Crippen molar-refractivity contribution in [3.8, 4) is 0 Å². The van der Waals surface area contributed by atoms with Gasteiger partial charge in [-0.25, -0.2) is 0 Å². The van der Waals surface area contributed by atoms with E-state index in [2.05, 4.69) is 25.4 Å². The molecule has 0 heterocycles. The highest BCUT2D eigenvalue weighted by Crippen LogP contribution is 2.20.